The largest absolute Gasteiger partial charge is 0.508 e. The van der Waals surface area contributed by atoms with Gasteiger partial charge in [0.15, 0.2) is 6.61 Å². The van der Waals surface area contributed by atoms with Gasteiger partial charge in [0.2, 0.25) is 0 Å². The van der Waals surface area contributed by atoms with Crippen LogP contribution in [0.4, 0.5) is 0 Å². The highest BCUT2D eigenvalue weighted by atomic mass is 16.6. The first kappa shape index (κ1) is 25.3. The number of esters is 1. The topological polar surface area (TPSA) is 109 Å². The Balaban J connectivity index is 1.86. The molecule has 1 amide bonds. The summed E-state index contributed by atoms with van der Waals surface area (Å²) < 4.78 is 5.52. The van der Waals surface area contributed by atoms with Gasteiger partial charge in [0.05, 0.1) is 5.71 Å². The normalized spacial score (nSPS) is 25.1. The third kappa shape index (κ3) is 7.37. The summed E-state index contributed by atoms with van der Waals surface area (Å²) in [5.74, 6) is -1.07. The van der Waals surface area contributed by atoms with Gasteiger partial charge in [0.25, 0.3) is 5.91 Å². The van der Waals surface area contributed by atoms with Crippen molar-refractivity contribution in [1.29, 1.82) is 0 Å². The molecule has 0 aliphatic carbocycles. The van der Waals surface area contributed by atoms with E-state index in [-0.39, 0.29) is 48.0 Å². The van der Waals surface area contributed by atoms with Gasteiger partial charge in [-0.25, -0.2) is 4.79 Å². The number of phenols is 2. The van der Waals surface area contributed by atoms with Crippen LogP contribution in [0.15, 0.2) is 41.6 Å². The van der Waals surface area contributed by atoms with E-state index in [1.54, 1.807) is 17.9 Å². The van der Waals surface area contributed by atoms with E-state index in [1.807, 2.05) is 12.2 Å². The molecule has 184 valence electrons. The number of benzene rings is 1. The molecule has 8 heteroatoms. The second-order valence-corrected chi connectivity index (χ2v) is 8.97. The SMILES string of the molecule is C[C@@H]1C/C=C/[C@H](C)C/C=C/C(=NOCC(=O)N2CCCCC2)Cc2cc(O)cc(O)c2C(=O)O1. The van der Waals surface area contributed by atoms with Crippen LogP contribution in [-0.4, -0.2) is 58.5 Å². The summed E-state index contributed by atoms with van der Waals surface area (Å²) in [6.07, 6.45) is 11.9. The Morgan fingerprint density at radius 2 is 1.91 bits per heavy atom. The highest BCUT2D eigenvalue weighted by Crippen LogP contribution is 2.29. The highest BCUT2D eigenvalue weighted by molar-refractivity contribution is 6.00. The van der Waals surface area contributed by atoms with E-state index in [0.29, 0.717) is 17.7 Å². The van der Waals surface area contributed by atoms with Crippen LogP contribution in [0.5, 0.6) is 11.5 Å². The van der Waals surface area contributed by atoms with Crippen LogP contribution in [-0.2, 0) is 20.8 Å². The molecule has 1 aromatic carbocycles. The van der Waals surface area contributed by atoms with Gasteiger partial charge in [-0.15, -0.1) is 0 Å². The summed E-state index contributed by atoms with van der Waals surface area (Å²) in [6.45, 7) is 5.16. The predicted molar refractivity (Wildman–Crippen MR) is 129 cm³/mol. The zero-order valence-corrected chi connectivity index (χ0v) is 19.9. The van der Waals surface area contributed by atoms with Gasteiger partial charge in [-0.3, -0.25) is 4.79 Å². The third-order valence-corrected chi connectivity index (χ3v) is 5.90. The summed E-state index contributed by atoms with van der Waals surface area (Å²) in [6, 6.07) is 2.51. The van der Waals surface area contributed by atoms with Crippen LogP contribution in [0.2, 0.25) is 0 Å². The summed E-state index contributed by atoms with van der Waals surface area (Å²) in [5, 5.41) is 24.6. The number of carbonyl (C=O) groups is 2. The van der Waals surface area contributed by atoms with Crippen molar-refractivity contribution in [2.75, 3.05) is 19.7 Å². The smallest absolute Gasteiger partial charge is 0.342 e. The van der Waals surface area contributed by atoms with Gasteiger partial charge in [-0.1, -0.05) is 30.3 Å². The van der Waals surface area contributed by atoms with Gasteiger partial charge >= 0.3 is 5.97 Å². The molecular formula is C26H34N2O6. The molecule has 2 aliphatic rings. The molecule has 0 aromatic heterocycles. The first-order valence-electron chi connectivity index (χ1n) is 11.9. The number of aromatic hydroxyl groups is 2. The highest BCUT2D eigenvalue weighted by Gasteiger charge is 2.22. The maximum atomic E-state index is 12.8. The summed E-state index contributed by atoms with van der Waals surface area (Å²) in [7, 11) is 0. The number of oxime groups is 1. The van der Waals surface area contributed by atoms with E-state index in [4.69, 9.17) is 9.57 Å². The number of amides is 1. The zero-order valence-electron chi connectivity index (χ0n) is 19.9. The molecule has 1 fully saturated rings. The lowest BCUT2D eigenvalue weighted by Crippen LogP contribution is -2.37. The van der Waals surface area contributed by atoms with Crippen LogP contribution < -0.4 is 0 Å². The van der Waals surface area contributed by atoms with Crippen LogP contribution in [0.1, 0.15) is 61.9 Å². The molecule has 0 radical (unpaired) electrons. The van der Waals surface area contributed by atoms with E-state index in [2.05, 4.69) is 18.2 Å². The molecule has 8 nitrogen and oxygen atoms in total. The molecular weight excluding hydrogens is 436 g/mol. The summed E-state index contributed by atoms with van der Waals surface area (Å²) in [4.78, 5) is 32.4. The Morgan fingerprint density at radius 1 is 1.15 bits per heavy atom. The number of cyclic esters (lactones) is 1. The number of rotatable bonds is 3. The van der Waals surface area contributed by atoms with Crippen molar-refractivity contribution in [2.24, 2.45) is 11.1 Å². The maximum Gasteiger partial charge on any atom is 0.342 e. The third-order valence-electron chi connectivity index (χ3n) is 5.90. The van der Waals surface area contributed by atoms with Gasteiger partial charge in [0, 0.05) is 32.0 Å². The zero-order chi connectivity index (χ0) is 24.5. The number of likely N-dealkylation sites (tertiary alicyclic amines) is 1. The lowest BCUT2D eigenvalue weighted by molar-refractivity contribution is -0.137. The number of carbonyl (C=O) groups excluding carboxylic acids is 2. The van der Waals surface area contributed by atoms with E-state index in [9.17, 15) is 19.8 Å². The lowest BCUT2D eigenvalue weighted by atomic mass is 9.99. The van der Waals surface area contributed by atoms with E-state index in [0.717, 1.165) is 44.8 Å². The quantitative estimate of drug-likeness (QED) is 0.391. The average molecular weight is 471 g/mol. The molecule has 34 heavy (non-hydrogen) atoms. The Bertz CT molecular complexity index is 962. The Hall–Kier alpha value is -3.29. The average Bonchev–Trinajstić information content (AvgIpc) is 2.78. The number of piperidine rings is 1. The van der Waals surface area contributed by atoms with Crippen molar-refractivity contribution >= 4 is 17.6 Å². The molecule has 2 heterocycles. The maximum absolute atomic E-state index is 12.8. The molecule has 0 spiro atoms. The molecule has 2 aliphatic heterocycles. The minimum atomic E-state index is -0.678. The molecule has 2 atom stereocenters. The minimum absolute atomic E-state index is 0.0236. The molecule has 3 rings (SSSR count). The number of fused-ring (bicyclic) bond motifs is 1. The number of ether oxygens (including phenoxy) is 1. The molecule has 0 saturated carbocycles. The fourth-order valence-corrected chi connectivity index (χ4v) is 4.06. The van der Waals surface area contributed by atoms with E-state index < -0.39 is 5.97 Å². The van der Waals surface area contributed by atoms with Crippen LogP contribution in [0.25, 0.3) is 0 Å². The van der Waals surface area contributed by atoms with Crippen LogP contribution in [0, 0.1) is 5.92 Å². The van der Waals surface area contributed by atoms with Crippen molar-refractivity contribution in [2.45, 2.75) is 58.5 Å². The van der Waals surface area contributed by atoms with E-state index >= 15 is 0 Å². The van der Waals surface area contributed by atoms with Crippen LogP contribution in [0.3, 0.4) is 0 Å². The van der Waals surface area contributed by atoms with Crippen molar-refractivity contribution in [3.8, 4) is 11.5 Å². The Kier molecular flexibility index (Phi) is 9.13. The van der Waals surface area contributed by atoms with Gasteiger partial charge in [0.1, 0.15) is 23.2 Å². The number of phenolic OH excluding ortho intramolecular Hbond substituents is 2. The minimum Gasteiger partial charge on any atom is -0.508 e. The fourth-order valence-electron chi connectivity index (χ4n) is 4.06. The van der Waals surface area contributed by atoms with Crippen molar-refractivity contribution in [3.63, 3.8) is 0 Å². The van der Waals surface area contributed by atoms with Gasteiger partial charge < -0.3 is 24.7 Å². The number of hydrogen-bond acceptors (Lipinski definition) is 7. The molecule has 0 unspecified atom stereocenters. The lowest BCUT2D eigenvalue weighted by Gasteiger charge is -2.26. The summed E-state index contributed by atoms with van der Waals surface area (Å²) in [5.41, 5.74) is 0.779. The second kappa shape index (κ2) is 12.3. The molecule has 1 saturated heterocycles. The second-order valence-electron chi connectivity index (χ2n) is 8.97. The summed E-state index contributed by atoms with van der Waals surface area (Å²) >= 11 is 0. The van der Waals surface area contributed by atoms with Gasteiger partial charge in [-0.2, -0.15) is 0 Å². The van der Waals surface area contributed by atoms with Gasteiger partial charge in [-0.05, 0) is 56.2 Å². The van der Waals surface area contributed by atoms with E-state index in [1.165, 1.54) is 6.07 Å². The Labute approximate surface area is 200 Å². The Morgan fingerprint density at radius 3 is 2.68 bits per heavy atom. The van der Waals surface area contributed by atoms with Crippen molar-refractivity contribution in [1.82, 2.24) is 4.90 Å². The first-order chi connectivity index (χ1) is 16.3. The standard InChI is InChI=1S/C26H34N2O6/c1-18-8-6-10-19(2)34-26(32)25-20(15-22(29)16-23(25)30)14-21(11-7-9-18)27-33-17-24(31)28-12-4-3-5-13-28/h6-8,11,15-16,18-19,29-30H,3-5,9-10,12-14,17H2,1-2H3/b8-6+,11-7+,27-21?/t18-,19+/m0/s1. The monoisotopic (exact) mass is 470 g/mol. The van der Waals surface area contributed by atoms with Crippen molar-refractivity contribution < 1.29 is 29.4 Å². The molecule has 2 N–H and O–H groups in total. The van der Waals surface area contributed by atoms with Crippen LogP contribution >= 0.6 is 0 Å². The number of hydrogen-bond donors (Lipinski definition) is 2. The fraction of sp³-hybridized carbons (Fsp3) is 0.500. The predicted octanol–water partition coefficient (Wildman–Crippen LogP) is 4.11. The molecule has 0 bridgehead atoms. The molecule has 1 aromatic rings. The number of allylic oxidation sites excluding steroid dienone is 3. The van der Waals surface area contributed by atoms with Crippen molar-refractivity contribution in [3.05, 3.63) is 47.6 Å². The number of nitrogens with zero attached hydrogens (tertiary/aromatic N) is 2. The first-order valence-corrected chi connectivity index (χ1v) is 11.9.